The van der Waals surface area contributed by atoms with Crippen molar-refractivity contribution in [1.29, 1.82) is 0 Å². The first-order valence-electron chi connectivity index (χ1n) is 7.13. The second-order valence-electron chi connectivity index (χ2n) is 5.03. The zero-order chi connectivity index (χ0) is 14.2. The van der Waals surface area contributed by atoms with E-state index in [0.29, 0.717) is 5.02 Å². The minimum absolute atomic E-state index is 0.0450. The second-order valence-corrected chi connectivity index (χ2v) is 5.47. The Morgan fingerprint density at radius 3 is 2.75 bits per heavy atom. The van der Waals surface area contributed by atoms with E-state index in [9.17, 15) is 4.79 Å². The summed E-state index contributed by atoms with van der Waals surface area (Å²) in [5.41, 5.74) is 2.46. The number of carbonyl (C=O) groups is 1. The lowest BCUT2D eigenvalue weighted by Gasteiger charge is -2.12. The summed E-state index contributed by atoms with van der Waals surface area (Å²) in [6, 6.07) is 7.40. The molecular formula is C17H20ClNO. The Bertz CT molecular complexity index is 502. The van der Waals surface area contributed by atoms with Crippen molar-refractivity contribution in [3.05, 3.63) is 52.6 Å². The smallest absolute Gasteiger partial charge is 0.244 e. The Balaban J connectivity index is 1.72. The van der Waals surface area contributed by atoms with Crippen LogP contribution >= 0.6 is 11.6 Å². The Kier molecular flexibility index (Phi) is 5.87. The van der Waals surface area contributed by atoms with Crippen LogP contribution in [0.25, 0.3) is 6.08 Å². The Morgan fingerprint density at radius 1 is 1.25 bits per heavy atom. The molecule has 0 aromatic heterocycles. The van der Waals surface area contributed by atoms with Gasteiger partial charge in [-0.25, -0.2) is 0 Å². The SMILES string of the molecule is O=C(/C=C/c1ccc(Cl)cc1)NCCC1=CCCCC1. The van der Waals surface area contributed by atoms with E-state index in [1.165, 1.54) is 31.3 Å². The first-order valence-corrected chi connectivity index (χ1v) is 7.51. The van der Waals surface area contributed by atoms with E-state index < -0.39 is 0 Å². The van der Waals surface area contributed by atoms with Crippen LogP contribution in [0.3, 0.4) is 0 Å². The first-order chi connectivity index (χ1) is 9.74. The van der Waals surface area contributed by atoms with Gasteiger partial charge in [0.25, 0.3) is 0 Å². The molecule has 3 heteroatoms. The molecule has 0 unspecified atom stereocenters. The molecule has 0 saturated heterocycles. The molecule has 0 atom stereocenters. The molecule has 106 valence electrons. The van der Waals surface area contributed by atoms with Gasteiger partial charge in [-0.3, -0.25) is 4.79 Å². The highest BCUT2D eigenvalue weighted by atomic mass is 35.5. The summed E-state index contributed by atoms with van der Waals surface area (Å²) in [7, 11) is 0. The average Bonchev–Trinajstić information content (AvgIpc) is 2.48. The standard InChI is InChI=1S/C17H20ClNO/c18-16-9-6-15(7-10-16)8-11-17(20)19-13-12-14-4-2-1-3-5-14/h4,6-11H,1-3,5,12-13H2,(H,19,20)/b11-8+. The Labute approximate surface area is 125 Å². The van der Waals surface area contributed by atoms with Gasteiger partial charge in [-0.05, 0) is 55.9 Å². The molecule has 2 nitrogen and oxygen atoms in total. The molecule has 1 aliphatic rings. The fourth-order valence-electron chi connectivity index (χ4n) is 2.28. The molecule has 0 heterocycles. The molecule has 0 aliphatic heterocycles. The van der Waals surface area contributed by atoms with E-state index >= 15 is 0 Å². The van der Waals surface area contributed by atoms with E-state index in [1.807, 2.05) is 24.3 Å². The lowest BCUT2D eigenvalue weighted by molar-refractivity contribution is -0.116. The topological polar surface area (TPSA) is 29.1 Å². The third kappa shape index (κ3) is 5.22. The molecule has 0 saturated carbocycles. The number of halogens is 1. The molecule has 1 amide bonds. The van der Waals surface area contributed by atoms with E-state index in [2.05, 4.69) is 11.4 Å². The maximum absolute atomic E-state index is 11.7. The molecule has 1 aromatic carbocycles. The summed E-state index contributed by atoms with van der Waals surface area (Å²) in [5.74, 6) is -0.0450. The number of hydrogen-bond donors (Lipinski definition) is 1. The Hall–Kier alpha value is -1.54. The van der Waals surface area contributed by atoms with Crippen LogP contribution in [0.5, 0.6) is 0 Å². The van der Waals surface area contributed by atoms with Crippen LogP contribution in [0.1, 0.15) is 37.7 Å². The predicted octanol–water partition coefficient (Wildman–Crippen LogP) is 4.36. The van der Waals surface area contributed by atoms with Crippen LogP contribution < -0.4 is 5.32 Å². The van der Waals surface area contributed by atoms with Crippen molar-refractivity contribution in [1.82, 2.24) is 5.32 Å². The van der Waals surface area contributed by atoms with E-state index in [4.69, 9.17) is 11.6 Å². The van der Waals surface area contributed by atoms with Crippen LogP contribution in [0.15, 0.2) is 42.0 Å². The van der Waals surface area contributed by atoms with Crippen LogP contribution in [-0.2, 0) is 4.79 Å². The number of hydrogen-bond acceptors (Lipinski definition) is 1. The molecule has 0 radical (unpaired) electrons. The zero-order valence-electron chi connectivity index (χ0n) is 11.6. The maximum Gasteiger partial charge on any atom is 0.244 e. The fraction of sp³-hybridized carbons (Fsp3) is 0.353. The number of rotatable bonds is 5. The predicted molar refractivity (Wildman–Crippen MR) is 84.7 cm³/mol. The summed E-state index contributed by atoms with van der Waals surface area (Å²) < 4.78 is 0. The highest BCUT2D eigenvalue weighted by molar-refractivity contribution is 6.30. The number of nitrogens with one attached hydrogen (secondary N) is 1. The fourth-order valence-corrected chi connectivity index (χ4v) is 2.41. The maximum atomic E-state index is 11.7. The lowest BCUT2D eigenvalue weighted by Crippen LogP contribution is -2.22. The van der Waals surface area contributed by atoms with Crippen molar-refractivity contribution >= 4 is 23.6 Å². The largest absolute Gasteiger partial charge is 0.352 e. The second kappa shape index (κ2) is 7.91. The van der Waals surface area contributed by atoms with Gasteiger partial charge in [0.2, 0.25) is 5.91 Å². The molecule has 1 N–H and O–H groups in total. The van der Waals surface area contributed by atoms with Gasteiger partial charge in [0.05, 0.1) is 0 Å². The zero-order valence-corrected chi connectivity index (χ0v) is 12.3. The van der Waals surface area contributed by atoms with Gasteiger partial charge in [-0.2, -0.15) is 0 Å². The van der Waals surface area contributed by atoms with Crippen molar-refractivity contribution in [3.8, 4) is 0 Å². The minimum Gasteiger partial charge on any atom is -0.352 e. The summed E-state index contributed by atoms with van der Waals surface area (Å²) >= 11 is 5.81. The third-order valence-corrected chi connectivity index (χ3v) is 3.68. The lowest BCUT2D eigenvalue weighted by atomic mass is 9.97. The molecule has 1 aromatic rings. The highest BCUT2D eigenvalue weighted by Crippen LogP contribution is 2.19. The summed E-state index contributed by atoms with van der Waals surface area (Å²) in [6.07, 6.45) is 11.6. The molecular weight excluding hydrogens is 270 g/mol. The highest BCUT2D eigenvalue weighted by Gasteiger charge is 2.03. The van der Waals surface area contributed by atoms with E-state index in [0.717, 1.165) is 18.5 Å². The van der Waals surface area contributed by atoms with Crippen LogP contribution in [0, 0.1) is 0 Å². The number of benzene rings is 1. The quantitative estimate of drug-likeness (QED) is 0.633. The molecule has 2 rings (SSSR count). The van der Waals surface area contributed by atoms with E-state index in [1.54, 1.807) is 12.2 Å². The van der Waals surface area contributed by atoms with Gasteiger partial charge >= 0.3 is 0 Å². The number of allylic oxidation sites excluding steroid dienone is 1. The first kappa shape index (κ1) is 14.9. The minimum atomic E-state index is -0.0450. The van der Waals surface area contributed by atoms with Gasteiger partial charge in [0.1, 0.15) is 0 Å². The molecule has 1 aliphatic carbocycles. The van der Waals surface area contributed by atoms with Gasteiger partial charge in [0.15, 0.2) is 0 Å². The summed E-state index contributed by atoms with van der Waals surface area (Å²) in [6.45, 7) is 0.718. The monoisotopic (exact) mass is 289 g/mol. The van der Waals surface area contributed by atoms with Crippen molar-refractivity contribution in [2.45, 2.75) is 32.1 Å². The van der Waals surface area contributed by atoms with Gasteiger partial charge in [-0.15, -0.1) is 0 Å². The van der Waals surface area contributed by atoms with Crippen LogP contribution in [-0.4, -0.2) is 12.5 Å². The van der Waals surface area contributed by atoms with Crippen molar-refractivity contribution < 1.29 is 4.79 Å². The number of amides is 1. The third-order valence-electron chi connectivity index (χ3n) is 3.43. The van der Waals surface area contributed by atoms with Gasteiger partial charge in [0, 0.05) is 17.6 Å². The molecule has 0 spiro atoms. The van der Waals surface area contributed by atoms with Crippen molar-refractivity contribution in [3.63, 3.8) is 0 Å². The Morgan fingerprint density at radius 2 is 2.05 bits per heavy atom. The molecule has 20 heavy (non-hydrogen) atoms. The van der Waals surface area contributed by atoms with Crippen molar-refractivity contribution in [2.24, 2.45) is 0 Å². The van der Waals surface area contributed by atoms with Crippen LogP contribution in [0.4, 0.5) is 0 Å². The van der Waals surface area contributed by atoms with Gasteiger partial charge in [-0.1, -0.05) is 35.4 Å². The summed E-state index contributed by atoms with van der Waals surface area (Å²) in [4.78, 5) is 11.7. The average molecular weight is 290 g/mol. The van der Waals surface area contributed by atoms with Crippen molar-refractivity contribution in [2.75, 3.05) is 6.54 Å². The van der Waals surface area contributed by atoms with E-state index in [-0.39, 0.29) is 5.91 Å². The molecule has 0 fully saturated rings. The molecule has 0 bridgehead atoms. The van der Waals surface area contributed by atoms with Crippen LogP contribution in [0.2, 0.25) is 5.02 Å². The number of carbonyl (C=O) groups excluding carboxylic acids is 1. The van der Waals surface area contributed by atoms with Gasteiger partial charge < -0.3 is 5.32 Å². The summed E-state index contributed by atoms with van der Waals surface area (Å²) in [5, 5.41) is 3.62. The normalized spacial score (nSPS) is 15.2.